The number of aromatic nitrogens is 5. The zero-order chi connectivity index (χ0) is 23.1. The highest BCUT2D eigenvalue weighted by atomic mass is 32.2. The Labute approximate surface area is 182 Å². The molecule has 1 aliphatic heterocycles. The smallest absolute Gasteiger partial charge is 0.286 e. The van der Waals surface area contributed by atoms with Gasteiger partial charge in [-0.15, -0.1) is 0 Å². The molecular weight excluding hydrogens is 446 g/mol. The Morgan fingerprint density at radius 1 is 1.28 bits per heavy atom. The normalized spacial score (nSPS) is 15.7. The largest absolute Gasteiger partial charge is 0.395 e. The highest BCUT2D eigenvalue weighted by Gasteiger charge is 2.42. The minimum Gasteiger partial charge on any atom is -0.395 e. The molecule has 3 aromatic rings. The third kappa shape index (κ3) is 3.77. The minimum atomic E-state index is -4.12. The van der Waals surface area contributed by atoms with Crippen LogP contribution in [0.4, 0.5) is 8.78 Å². The number of pyridine rings is 1. The molecule has 0 aromatic carbocycles. The van der Waals surface area contributed by atoms with Gasteiger partial charge in [0.25, 0.3) is 16.4 Å². The van der Waals surface area contributed by atoms with Gasteiger partial charge in [0, 0.05) is 30.7 Å². The number of nitrogens with zero attached hydrogens (tertiary/aromatic N) is 6. The molecule has 4 heterocycles. The van der Waals surface area contributed by atoms with Crippen molar-refractivity contribution >= 4 is 15.9 Å². The van der Waals surface area contributed by atoms with Crippen molar-refractivity contribution in [2.45, 2.75) is 43.3 Å². The van der Waals surface area contributed by atoms with Crippen molar-refractivity contribution in [1.82, 2.24) is 28.9 Å². The molecule has 0 fully saturated rings. The zero-order valence-electron chi connectivity index (χ0n) is 17.0. The molecule has 170 valence electrons. The van der Waals surface area contributed by atoms with Crippen LogP contribution in [0.15, 0.2) is 47.9 Å². The van der Waals surface area contributed by atoms with Gasteiger partial charge in [0.05, 0.1) is 30.7 Å². The molecule has 0 spiro atoms. The topological polar surface area (TPSA) is 123 Å². The third-order valence-corrected chi connectivity index (χ3v) is 6.83. The van der Waals surface area contributed by atoms with E-state index in [-0.39, 0.29) is 23.9 Å². The number of rotatable bonds is 7. The summed E-state index contributed by atoms with van der Waals surface area (Å²) in [5, 5.41) is 17.7. The van der Waals surface area contributed by atoms with Crippen LogP contribution in [-0.4, -0.2) is 61.3 Å². The molecule has 1 aliphatic rings. The van der Waals surface area contributed by atoms with E-state index < -0.39 is 35.0 Å². The number of amides is 1. The number of alkyl halides is 2. The van der Waals surface area contributed by atoms with E-state index >= 15 is 0 Å². The van der Waals surface area contributed by atoms with Gasteiger partial charge in [-0.05, 0) is 19.1 Å². The number of aliphatic hydroxyl groups excluding tert-OH is 1. The lowest BCUT2D eigenvalue weighted by Crippen LogP contribution is -2.46. The minimum absolute atomic E-state index is 0.0593. The van der Waals surface area contributed by atoms with Gasteiger partial charge < -0.3 is 10.0 Å². The maximum absolute atomic E-state index is 13.2. The summed E-state index contributed by atoms with van der Waals surface area (Å²) in [4.78, 5) is 18.6. The fourth-order valence-corrected chi connectivity index (χ4v) is 4.64. The Bertz CT molecular complexity index is 1220. The lowest BCUT2D eigenvalue weighted by Gasteiger charge is -2.30. The average Bonchev–Trinajstić information content (AvgIpc) is 3.48. The van der Waals surface area contributed by atoms with E-state index in [1.807, 2.05) is 0 Å². The number of carbonyl (C=O) groups excluding carboxylic acids is 1. The van der Waals surface area contributed by atoms with E-state index in [4.69, 9.17) is 0 Å². The molecule has 0 aliphatic carbocycles. The Morgan fingerprint density at radius 3 is 2.69 bits per heavy atom. The summed E-state index contributed by atoms with van der Waals surface area (Å²) in [6.07, 6.45) is 2.16. The number of fused-ring (bicyclic) bond motifs is 1. The Balaban J connectivity index is 1.54. The summed E-state index contributed by atoms with van der Waals surface area (Å²) in [5.74, 6) is -0.362. The fourth-order valence-electron chi connectivity index (χ4n) is 3.52. The van der Waals surface area contributed by atoms with Crippen molar-refractivity contribution in [3.8, 4) is 0 Å². The maximum atomic E-state index is 13.2. The van der Waals surface area contributed by atoms with Crippen LogP contribution in [0.1, 0.15) is 23.9 Å². The average molecular weight is 466 g/mol. The molecule has 4 rings (SSSR count). The van der Waals surface area contributed by atoms with Gasteiger partial charge >= 0.3 is 0 Å². The Hall–Kier alpha value is -3.19. The second-order valence-electron chi connectivity index (χ2n) is 7.63. The molecule has 13 heteroatoms. The molecular formula is C19H20F2N6O4S. The van der Waals surface area contributed by atoms with Crippen molar-refractivity contribution in [3.63, 3.8) is 0 Å². The first-order valence-electron chi connectivity index (χ1n) is 9.60. The molecule has 1 amide bonds. The SMILES string of the molecule is C[C@@](CO)(C(=O)N1Cc2cn(S(=O)(=O)c3cnn(CC(F)F)c3)nc2C1)c1ccccn1. The highest BCUT2D eigenvalue weighted by Crippen LogP contribution is 2.30. The van der Waals surface area contributed by atoms with Gasteiger partial charge in [0.15, 0.2) is 0 Å². The van der Waals surface area contributed by atoms with Gasteiger partial charge in [-0.3, -0.25) is 14.5 Å². The van der Waals surface area contributed by atoms with E-state index in [0.29, 0.717) is 17.0 Å². The van der Waals surface area contributed by atoms with E-state index in [0.717, 1.165) is 21.2 Å². The maximum Gasteiger partial charge on any atom is 0.286 e. The zero-order valence-corrected chi connectivity index (χ0v) is 17.8. The number of aliphatic hydroxyl groups is 1. The van der Waals surface area contributed by atoms with Gasteiger partial charge in [-0.1, -0.05) is 6.07 Å². The number of carbonyl (C=O) groups is 1. The van der Waals surface area contributed by atoms with Crippen LogP contribution >= 0.6 is 0 Å². The predicted octanol–water partition coefficient (Wildman–Crippen LogP) is 0.769. The van der Waals surface area contributed by atoms with Crippen molar-refractivity contribution in [2.24, 2.45) is 0 Å². The first-order valence-corrected chi connectivity index (χ1v) is 11.0. The quantitative estimate of drug-likeness (QED) is 0.546. The van der Waals surface area contributed by atoms with Crippen molar-refractivity contribution < 1.29 is 27.1 Å². The first kappa shape index (κ1) is 22.0. The Kier molecular flexibility index (Phi) is 5.54. The van der Waals surface area contributed by atoms with Gasteiger partial charge in [0.1, 0.15) is 16.9 Å². The molecule has 0 radical (unpaired) electrons. The fraction of sp³-hybridized carbons (Fsp3) is 0.368. The second kappa shape index (κ2) is 8.06. The van der Waals surface area contributed by atoms with Crippen LogP contribution in [0.25, 0.3) is 0 Å². The van der Waals surface area contributed by atoms with E-state index in [1.165, 1.54) is 17.3 Å². The lowest BCUT2D eigenvalue weighted by atomic mass is 9.85. The lowest BCUT2D eigenvalue weighted by molar-refractivity contribution is -0.139. The molecule has 0 bridgehead atoms. The molecule has 1 atom stereocenters. The number of hydrogen-bond donors (Lipinski definition) is 1. The number of halogens is 2. The van der Waals surface area contributed by atoms with Gasteiger partial charge in [-0.2, -0.15) is 22.7 Å². The second-order valence-corrected chi connectivity index (χ2v) is 9.43. The summed E-state index contributed by atoms with van der Waals surface area (Å²) in [6, 6.07) is 5.09. The van der Waals surface area contributed by atoms with E-state index in [2.05, 4.69) is 15.2 Å². The molecule has 0 unspecified atom stereocenters. The van der Waals surface area contributed by atoms with Crippen LogP contribution in [-0.2, 0) is 39.9 Å². The molecule has 3 aromatic heterocycles. The first-order chi connectivity index (χ1) is 15.1. The summed E-state index contributed by atoms with van der Waals surface area (Å²) in [5.41, 5.74) is 0.0865. The highest BCUT2D eigenvalue weighted by molar-refractivity contribution is 7.89. The number of hydrogen-bond acceptors (Lipinski definition) is 7. The molecule has 32 heavy (non-hydrogen) atoms. The predicted molar refractivity (Wildman–Crippen MR) is 106 cm³/mol. The van der Waals surface area contributed by atoms with Crippen LogP contribution in [0.3, 0.4) is 0 Å². The van der Waals surface area contributed by atoms with Crippen molar-refractivity contribution in [1.29, 1.82) is 0 Å². The molecule has 0 saturated heterocycles. The van der Waals surface area contributed by atoms with Crippen molar-refractivity contribution in [2.75, 3.05) is 6.61 Å². The molecule has 1 N–H and O–H groups in total. The van der Waals surface area contributed by atoms with E-state index in [1.54, 1.807) is 25.1 Å². The van der Waals surface area contributed by atoms with Crippen LogP contribution < -0.4 is 0 Å². The van der Waals surface area contributed by atoms with Crippen LogP contribution in [0.2, 0.25) is 0 Å². The van der Waals surface area contributed by atoms with Gasteiger partial charge in [0.2, 0.25) is 5.91 Å². The Morgan fingerprint density at radius 2 is 2.06 bits per heavy atom. The van der Waals surface area contributed by atoms with Crippen LogP contribution in [0, 0.1) is 0 Å². The van der Waals surface area contributed by atoms with E-state index in [9.17, 15) is 27.1 Å². The summed E-state index contributed by atoms with van der Waals surface area (Å²) >= 11 is 0. The summed E-state index contributed by atoms with van der Waals surface area (Å²) < 4.78 is 52.2. The van der Waals surface area contributed by atoms with Crippen LogP contribution in [0.5, 0.6) is 0 Å². The summed E-state index contributed by atoms with van der Waals surface area (Å²) in [6.45, 7) is 0.590. The summed E-state index contributed by atoms with van der Waals surface area (Å²) in [7, 11) is -4.12. The third-order valence-electron chi connectivity index (χ3n) is 5.34. The monoisotopic (exact) mass is 466 g/mol. The molecule has 10 nitrogen and oxygen atoms in total. The molecule has 0 saturated carbocycles. The van der Waals surface area contributed by atoms with Crippen molar-refractivity contribution in [3.05, 3.63) is 59.9 Å². The van der Waals surface area contributed by atoms with Gasteiger partial charge in [-0.25, -0.2) is 8.78 Å². The standard InChI is InChI=1S/C19H20F2N6O4S/c1-19(12-28,16-4-2-3-5-22-16)18(29)25-7-13-8-27(24-15(13)10-25)32(30,31)14-6-23-26(9-14)11-17(20)21/h2-6,8-9,17,28H,7,10-12H2,1H3/t19-/m0/s1.